The van der Waals surface area contributed by atoms with Crippen molar-refractivity contribution >= 4 is 21.5 Å². The number of fused-ring (bicyclic) bond motifs is 1. The van der Waals surface area contributed by atoms with Gasteiger partial charge in [0.25, 0.3) is 0 Å². The number of anilines is 1. The third-order valence-electron chi connectivity index (χ3n) is 7.31. The minimum Gasteiger partial charge on any atom is -0.457 e. The summed E-state index contributed by atoms with van der Waals surface area (Å²) in [6, 6.07) is 35.7. The van der Waals surface area contributed by atoms with Gasteiger partial charge in [-0.1, -0.05) is 60.2 Å². The van der Waals surface area contributed by atoms with Crippen LogP contribution in [0.2, 0.25) is 0 Å². The zero-order valence-corrected chi connectivity index (χ0v) is 23.3. The van der Waals surface area contributed by atoms with Crippen LogP contribution in [0.15, 0.2) is 131 Å². The molecule has 0 saturated heterocycles. The first-order valence-corrected chi connectivity index (χ1v) is 14.6. The van der Waals surface area contributed by atoms with Gasteiger partial charge in [0.05, 0.1) is 15.4 Å². The second kappa shape index (κ2) is 10.3. The quantitative estimate of drug-likeness (QED) is 0.213. The van der Waals surface area contributed by atoms with Gasteiger partial charge in [-0.15, -0.1) is 0 Å². The Hall–Kier alpha value is -4.88. The molecular weight excluding hydrogens is 534 g/mol. The number of hydrogen-bond acceptors (Lipinski definition) is 6. The summed E-state index contributed by atoms with van der Waals surface area (Å²) in [5.74, 6) is 0.677. The highest BCUT2D eigenvalue weighted by molar-refractivity contribution is 7.91. The second-order valence-corrected chi connectivity index (χ2v) is 11.8. The van der Waals surface area contributed by atoms with Crippen molar-refractivity contribution in [2.75, 3.05) is 12.4 Å². The number of cyclic esters (lactones) is 1. The minimum absolute atomic E-state index is 0.192. The molecular formula is C34H27NO5S. The van der Waals surface area contributed by atoms with E-state index < -0.39 is 15.4 Å². The number of hydrogen-bond donors (Lipinski definition) is 1. The van der Waals surface area contributed by atoms with Crippen LogP contribution in [0.5, 0.6) is 11.5 Å². The van der Waals surface area contributed by atoms with Crippen LogP contribution in [0.4, 0.5) is 5.69 Å². The van der Waals surface area contributed by atoms with E-state index in [1.54, 1.807) is 42.5 Å². The van der Waals surface area contributed by atoms with Gasteiger partial charge in [-0.3, -0.25) is 0 Å². The fourth-order valence-corrected chi connectivity index (χ4v) is 6.38. The summed E-state index contributed by atoms with van der Waals surface area (Å²) < 4.78 is 38.2. The molecule has 1 aliphatic heterocycles. The van der Waals surface area contributed by atoms with Gasteiger partial charge in [0.2, 0.25) is 9.84 Å². The fourth-order valence-electron chi connectivity index (χ4n) is 5.12. The van der Waals surface area contributed by atoms with Gasteiger partial charge in [-0.05, 0) is 73.7 Å². The van der Waals surface area contributed by atoms with E-state index in [9.17, 15) is 13.2 Å². The lowest BCUT2D eigenvalue weighted by Crippen LogP contribution is -2.29. The molecule has 1 N–H and O–H groups in total. The smallest absolute Gasteiger partial charge is 0.340 e. The average Bonchev–Trinajstić information content (AvgIpc) is 3.31. The topological polar surface area (TPSA) is 81.7 Å². The third kappa shape index (κ3) is 4.64. The molecule has 5 aromatic rings. The van der Waals surface area contributed by atoms with Crippen LogP contribution in [0, 0.1) is 6.92 Å². The van der Waals surface area contributed by atoms with Crippen LogP contribution in [0.1, 0.15) is 32.6 Å². The van der Waals surface area contributed by atoms with Crippen molar-refractivity contribution < 1.29 is 22.7 Å². The van der Waals surface area contributed by atoms with Gasteiger partial charge in [-0.25, -0.2) is 13.2 Å². The predicted molar refractivity (Wildman–Crippen MR) is 157 cm³/mol. The summed E-state index contributed by atoms with van der Waals surface area (Å²) in [7, 11) is -1.78. The first-order chi connectivity index (χ1) is 19.8. The van der Waals surface area contributed by atoms with Crippen LogP contribution >= 0.6 is 0 Å². The maximum absolute atomic E-state index is 13.0. The maximum atomic E-state index is 13.0. The van der Waals surface area contributed by atoms with Crippen molar-refractivity contribution in [2.45, 2.75) is 22.3 Å². The van der Waals surface area contributed by atoms with Crippen molar-refractivity contribution in [3.8, 4) is 11.5 Å². The van der Waals surface area contributed by atoms with Gasteiger partial charge < -0.3 is 14.8 Å². The highest BCUT2D eigenvalue weighted by Crippen LogP contribution is 2.47. The third-order valence-corrected chi connectivity index (χ3v) is 9.10. The molecule has 1 atom stereocenters. The Morgan fingerprint density at radius 1 is 0.683 bits per heavy atom. The van der Waals surface area contributed by atoms with E-state index in [1.807, 2.05) is 80.7 Å². The van der Waals surface area contributed by atoms with Crippen LogP contribution in [-0.2, 0) is 20.2 Å². The Kier molecular flexibility index (Phi) is 6.59. The molecule has 6 nitrogen and oxygen atoms in total. The zero-order chi connectivity index (χ0) is 28.6. The van der Waals surface area contributed by atoms with E-state index in [1.165, 1.54) is 12.1 Å². The number of benzene rings is 5. The number of aryl methyl sites for hydroxylation is 1. The number of carbonyl (C=O) groups is 1. The van der Waals surface area contributed by atoms with Gasteiger partial charge in [0.1, 0.15) is 11.5 Å². The molecule has 0 amide bonds. The molecule has 5 aromatic carbocycles. The Morgan fingerprint density at radius 2 is 1.20 bits per heavy atom. The lowest BCUT2D eigenvalue weighted by Gasteiger charge is -2.30. The monoisotopic (exact) mass is 561 g/mol. The van der Waals surface area contributed by atoms with Gasteiger partial charge in [-0.2, -0.15) is 0 Å². The normalized spacial score (nSPS) is 16.1. The van der Waals surface area contributed by atoms with Crippen molar-refractivity contribution in [1.29, 1.82) is 0 Å². The lowest BCUT2D eigenvalue weighted by atomic mass is 9.80. The molecule has 0 bridgehead atoms. The van der Waals surface area contributed by atoms with Crippen LogP contribution in [0.3, 0.4) is 0 Å². The molecule has 0 fully saturated rings. The summed E-state index contributed by atoms with van der Waals surface area (Å²) in [4.78, 5) is 13.4. The van der Waals surface area contributed by atoms with E-state index in [4.69, 9.17) is 9.47 Å². The van der Waals surface area contributed by atoms with Gasteiger partial charge in [0.15, 0.2) is 5.60 Å². The van der Waals surface area contributed by atoms with Crippen molar-refractivity contribution in [3.63, 3.8) is 0 Å². The number of esters is 1. The van der Waals surface area contributed by atoms with Crippen LogP contribution in [-0.4, -0.2) is 21.4 Å². The molecule has 0 aliphatic carbocycles. The molecule has 1 heterocycles. The van der Waals surface area contributed by atoms with E-state index in [0.29, 0.717) is 17.1 Å². The molecule has 0 spiro atoms. The SMILES string of the molecule is CNc1ccc(C2(c3ccc(Oc4ccc(S(=O)(=O)c5ccc(C)cc5)cc4)cc3)OC(=O)c3ccccc32)cc1. The maximum Gasteiger partial charge on any atom is 0.340 e. The largest absolute Gasteiger partial charge is 0.457 e. The number of carbonyl (C=O) groups excluding carboxylic acids is 1. The molecule has 7 heteroatoms. The van der Waals surface area contributed by atoms with E-state index in [2.05, 4.69) is 5.32 Å². The summed E-state index contributed by atoms with van der Waals surface area (Å²) in [5, 5.41) is 3.12. The second-order valence-electron chi connectivity index (χ2n) is 9.86. The summed E-state index contributed by atoms with van der Waals surface area (Å²) in [6.07, 6.45) is 0. The number of rotatable bonds is 7. The van der Waals surface area contributed by atoms with Crippen molar-refractivity contribution in [1.82, 2.24) is 0 Å². The Bertz CT molecular complexity index is 1830. The first kappa shape index (κ1) is 26.3. The number of sulfone groups is 1. The number of ether oxygens (including phenoxy) is 2. The van der Waals surface area contributed by atoms with Crippen LogP contribution < -0.4 is 10.1 Å². The Morgan fingerprint density at radius 3 is 1.78 bits per heavy atom. The molecule has 6 rings (SSSR count). The summed E-state index contributed by atoms with van der Waals surface area (Å²) >= 11 is 0. The molecule has 1 aliphatic rings. The average molecular weight is 562 g/mol. The Balaban J connectivity index is 1.29. The lowest BCUT2D eigenvalue weighted by molar-refractivity contribution is 0.0251. The van der Waals surface area contributed by atoms with E-state index in [-0.39, 0.29) is 15.8 Å². The predicted octanol–water partition coefficient (Wildman–Crippen LogP) is 7.12. The highest BCUT2D eigenvalue weighted by atomic mass is 32.2. The van der Waals surface area contributed by atoms with Crippen LogP contribution in [0.25, 0.3) is 0 Å². The van der Waals surface area contributed by atoms with E-state index >= 15 is 0 Å². The van der Waals surface area contributed by atoms with Gasteiger partial charge >= 0.3 is 5.97 Å². The molecule has 41 heavy (non-hydrogen) atoms. The van der Waals surface area contributed by atoms with E-state index in [0.717, 1.165) is 27.9 Å². The molecule has 0 aromatic heterocycles. The minimum atomic E-state index is -3.63. The fraction of sp³-hybridized carbons (Fsp3) is 0.0882. The van der Waals surface area contributed by atoms with Gasteiger partial charge in [0, 0.05) is 29.4 Å². The molecule has 0 saturated carbocycles. The van der Waals surface area contributed by atoms with Crippen molar-refractivity contribution in [2.24, 2.45) is 0 Å². The summed E-state index contributed by atoms with van der Waals surface area (Å²) in [5.41, 5.74) is 3.75. The molecule has 0 radical (unpaired) electrons. The number of nitrogens with one attached hydrogen (secondary N) is 1. The molecule has 204 valence electrons. The van der Waals surface area contributed by atoms with Crippen molar-refractivity contribution in [3.05, 3.63) is 149 Å². The highest BCUT2D eigenvalue weighted by Gasteiger charge is 2.48. The molecule has 1 unspecified atom stereocenters. The first-order valence-electron chi connectivity index (χ1n) is 13.1. The standard InChI is InChI=1S/C34H27NO5S/c1-23-7-19-29(20-8-23)41(37,38)30-21-17-28(18-22-30)39-27-15-11-25(12-16-27)34(24-9-13-26(35-2)14-10-24)32-6-4-3-5-31(32)33(36)40-34/h3-22,35H,1-2H3. The Labute approximate surface area is 239 Å². The zero-order valence-electron chi connectivity index (χ0n) is 22.5. The summed E-state index contributed by atoms with van der Waals surface area (Å²) in [6.45, 7) is 1.91.